The summed E-state index contributed by atoms with van der Waals surface area (Å²) in [6, 6.07) is 1.83. The van der Waals surface area contributed by atoms with E-state index in [2.05, 4.69) is 27.6 Å². The van der Waals surface area contributed by atoms with E-state index in [0.717, 1.165) is 12.4 Å². The van der Waals surface area contributed by atoms with Gasteiger partial charge in [-0.3, -0.25) is 0 Å². The van der Waals surface area contributed by atoms with Crippen molar-refractivity contribution in [3.63, 3.8) is 0 Å². The van der Waals surface area contributed by atoms with E-state index in [1.165, 1.54) is 32.1 Å². The molecule has 0 aromatic carbocycles. The third-order valence-corrected chi connectivity index (χ3v) is 4.25. The number of ether oxygens (including phenoxy) is 1. The third kappa shape index (κ3) is 3.58. The van der Waals surface area contributed by atoms with E-state index < -0.39 is 0 Å². The molecule has 20 heavy (non-hydrogen) atoms. The summed E-state index contributed by atoms with van der Waals surface area (Å²) in [5.41, 5.74) is 2.99. The van der Waals surface area contributed by atoms with Crippen LogP contribution in [0.2, 0.25) is 0 Å². The second-order valence-corrected chi connectivity index (χ2v) is 5.55. The largest absolute Gasteiger partial charge is 0.377 e. The summed E-state index contributed by atoms with van der Waals surface area (Å²) >= 11 is 0. The van der Waals surface area contributed by atoms with Gasteiger partial charge in [-0.2, -0.15) is 0 Å². The first-order valence-electron chi connectivity index (χ1n) is 7.29. The lowest BCUT2D eigenvalue weighted by molar-refractivity contribution is 0.178. The number of nitrogen functional groups attached to an aromatic ring is 1. The van der Waals surface area contributed by atoms with E-state index in [1.54, 1.807) is 7.11 Å². The zero-order valence-corrected chi connectivity index (χ0v) is 12.4. The average Bonchev–Trinajstić information content (AvgIpc) is 2.95. The highest BCUT2D eigenvalue weighted by molar-refractivity contribution is 5.47. The molecule has 1 heterocycles. The summed E-state index contributed by atoms with van der Waals surface area (Å²) in [7, 11) is 1.63. The van der Waals surface area contributed by atoms with Crippen LogP contribution in [-0.4, -0.2) is 23.6 Å². The molecule has 0 unspecified atom stereocenters. The van der Waals surface area contributed by atoms with Crippen LogP contribution in [0.5, 0.6) is 0 Å². The van der Waals surface area contributed by atoms with Crippen molar-refractivity contribution in [2.24, 2.45) is 11.3 Å². The number of rotatable bonds is 7. The number of nitrogens with one attached hydrogen (secondary N) is 2. The molecule has 0 aliphatic heterocycles. The van der Waals surface area contributed by atoms with Crippen LogP contribution in [0, 0.1) is 5.41 Å². The number of methoxy groups -OCH3 is 1. The third-order valence-electron chi connectivity index (χ3n) is 4.25. The van der Waals surface area contributed by atoms with Crippen molar-refractivity contribution >= 4 is 11.6 Å². The van der Waals surface area contributed by atoms with Gasteiger partial charge in [0.05, 0.1) is 0 Å². The normalized spacial score (nSPS) is 17.1. The number of aromatic nitrogens is 2. The quantitative estimate of drug-likeness (QED) is 0.524. The summed E-state index contributed by atoms with van der Waals surface area (Å²) in [5, 5.41) is 3.45. The van der Waals surface area contributed by atoms with Crippen LogP contribution >= 0.6 is 0 Å². The van der Waals surface area contributed by atoms with Gasteiger partial charge < -0.3 is 15.5 Å². The molecule has 0 spiro atoms. The second kappa shape index (κ2) is 6.85. The Hall–Kier alpha value is -1.40. The molecule has 0 atom stereocenters. The van der Waals surface area contributed by atoms with Crippen LogP contribution in [0.15, 0.2) is 6.07 Å². The van der Waals surface area contributed by atoms with E-state index in [9.17, 15) is 0 Å². The SMILES string of the molecule is CCC1(CNc2cc(NN)nc(COC)n2)CCCC1. The first-order valence-corrected chi connectivity index (χ1v) is 7.29. The summed E-state index contributed by atoms with van der Waals surface area (Å²) in [4.78, 5) is 8.70. The first-order chi connectivity index (χ1) is 9.71. The topological polar surface area (TPSA) is 85.1 Å². The molecule has 2 rings (SSSR count). The molecule has 1 fully saturated rings. The van der Waals surface area contributed by atoms with Crippen LogP contribution in [0.25, 0.3) is 0 Å². The maximum Gasteiger partial charge on any atom is 0.158 e. The number of anilines is 2. The highest BCUT2D eigenvalue weighted by Gasteiger charge is 2.31. The van der Waals surface area contributed by atoms with Gasteiger partial charge in [-0.1, -0.05) is 19.8 Å². The minimum Gasteiger partial charge on any atom is -0.377 e. The predicted molar refractivity (Wildman–Crippen MR) is 80.2 cm³/mol. The van der Waals surface area contributed by atoms with Crippen LogP contribution < -0.4 is 16.6 Å². The number of hydrogen-bond acceptors (Lipinski definition) is 6. The van der Waals surface area contributed by atoms with E-state index in [1.807, 2.05) is 6.07 Å². The van der Waals surface area contributed by atoms with Crippen LogP contribution in [-0.2, 0) is 11.3 Å². The highest BCUT2D eigenvalue weighted by atomic mass is 16.5. The molecule has 6 nitrogen and oxygen atoms in total. The Labute approximate surface area is 120 Å². The zero-order chi connectivity index (χ0) is 14.4. The van der Waals surface area contributed by atoms with Gasteiger partial charge in [0.25, 0.3) is 0 Å². The average molecular weight is 279 g/mol. The lowest BCUT2D eigenvalue weighted by Gasteiger charge is -2.28. The number of nitrogens with two attached hydrogens (primary N) is 1. The van der Waals surface area contributed by atoms with Gasteiger partial charge in [0, 0.05) is 19.7 Å². The molecule has 0 saturated heterocycles. The zero-order valence-electron chi connectivity index (χ0n) is 12.4. The smallest absolute Gasteiger partial charge is 0.158 e. The van der Waals surface area contributed by atoms with Gasteiger partial charge in [0.1, 0.15) is 18.2 Å². The monoisotopic (exact) mass is 279 g/mol. The molecule has 0 bridgehead atoms. The molecule has 0 amide bonds. The first kappa shape index (κ1) is 15.0. The number of hydrogen-bond donors (Lipinski definition) is 3. The molecular weight excluding hydrogens is 254 g/mol. The fraction of sp³-hybridized carbons (Fsp3) is 0.714. The molecule has 4 N–H and O–H groups in total. The van der Waals surface area contributed by atoms with Gasteiger partial charge >= 0.3 is 0 Å². The summed E-state index contributed by atoms with van der Waals surface area (Å²) in [6.07, 6.45) is 6.48. The predicted octanol–water partition coefficient (Wildman–Crippen LogP) is 2.29. The lowest BCUT2D eigenvalue weighted by atomic mass is 9.83. The molecule has 1 aromatic heterocycles. The van der Waals surface area contributed by atoms with Crippen molar-refractivity contribution < 1.29 is 4.74 Å². The van der Waals surface area contributed by atoms with E-state index in [0.29, 0.717) is 23.7 Å². The van der Waals surface area contributed by atoms with Crippen LogP contribution in [0.4, 0.5) is 11.6 Å². The highest BCUT2D eigenvalue weighted by Crippen LogP contribution is 2.40. The van der Waals surface area contributed by atoms with Gasteiger partial charge in [-0.15, -0.1) is 0 Å². The Morgan fingerprint density at radius 1 is 1.30 bits per heavy atom. The van der Waals surface area contributed by atoms with Crippen molar-refractivity contribution in [3.8, 4) is 0 Å². The van der Waals surface area contributed by atoms with Gasteiger partial charge in [0.2, 0.25) is 0 Å². The van der Waals surface area contributed by atoms with E-state index in [-0.39, 0.29) is 0 Å². The fourth-order valence-electron chi connectivity index (χ4n) is 2.91. The minimum atomic E-state index is 0.378. The van der Waals surface area contributed by atoms with Crippen LogP contribution in [0.3, 0.4) is 0 Å². The molecular formula is C14H25N5O. The van der Waals surface area contributed by atoms with Gasteiger partial charge in [-0.05, 0) is 24.7 Å². The molecule has 0 radical (unpaired) electrons. The lowest BCUT2D eigenvalue weighted by Crippen LogP contribution is -2.26. The second-order valence-electron chi connectivity index (χ2n) is 5.55. The number of hydrazine groups is 1. The summed E-state index contributed by atoms with van der Waals surface area (Å²) in [6.45, 7) is 3.61. The van der Waals surface area contributed by atoms with Gasteiger partial charge in [0.15, 0.2) is 5.82 Å². The van der Waals surface area contributed by atoms with Crippen molar-refractivity contribution in [1.82, 2.24) is 9.97 Å². The Morgan fingerprint density at radius 3 is 2.60 bits per heavy atom. The Kier molecular flexibility index (Phi) is 5.14. The molecule has 1 saturated carbocycles. The van der Waals surface area contributed by atoms with Crippen molar-refractivity contribution in [2.75, 3.05) is 24.4 Å². The van der Waals surface area contributed by atoms with Crippen molar-refractivity contribution in [2.45, 2.75) is 45.6 Å². The van der Waals surface area contributed by atoms with E-state index in [4.69, 9.17) is 10.6 Å². The molecule has 6 heteroatoms. The van der Waals surface area contributed by atoms with Crippen molar-refractivity contribution in [3.05, 3.63) is 11.9 Å². The summed E-state index contributed by atoms with van der Waals surface area (Å²) in [5.74, 6) is 7.48. The van der Waals surface area contributed by atoms with E-state index >= 15 is 0 Å². The fourth-order valence-corrected chi connectivity index (χ4v) is 2.91. The standard InChI is InChI=1S/C14H25N5O/c1-3-14(6-4-5-7-14)10-16-11-8-12(19-15)18-13(17-11)9-20-2/h8H,3-7,9-10,15H2,1-2H3,(H2,16,17,18,19). The number of nitrogens with zero attached hydrogens (tertiary/aromatic N) is 2. The van der Waals surface area contributed by atoms with Crippen molar-refractivity contribution in [1.29, 1.82) is 0 Å². The minimum absolute atomic E-state index is 0.378. The molecule has 112 valence electrons. The van der Waals surface area contributed by atoms with Crippen LogP contribution in [0.1, 0.15) is 44.9 Å². The summed E-state index contributed by atoms with van der Waals surface area (Å²) < 4.78 is 5.08. The maximum atomic E-state index is 5.45. The maximum absolute atomic E-state index is 5.45. The molecule has 1 aliphatic carbocycles. The molecule has 1 aromatic rings. The Balaban J connectivity index is 2.06. The Morgan fingerprint density at radius 2 is 2.00 bits per heavy atom. The molecule has 1 aliphatic rings. The Bertz CT molecular complexity index is 432. The van der Waals surface area contributed by atoms with Gasteiger partial charge in [-0.25, -0.2) is 15.8 Å².